The molecule has 2 N–H and O–H groups in total. The molecule has 0 saturated carbocycles. The third-order valence-corrected chi connectivity index (χ3v) is 6.27. The summed E-state index contributed by atoms with van der Waals surface area (Å²) in [6.45, 7) is 2.04. The van der Waals surface area contributed by atoms with Crippen LogP contribution < -0.4 is 5.73 Å². The van der Waals surface area contributed by atoms with Crippen molar-refractivity contribution in [3.05, 3.63) is 16.2 Å². The average molecular weight is 306 g/mol. The highest BCUT2D eigenvalue weighted by Gasteiger charge is 2.31. The second-order valence-electron chi connectivity index (χ2n) is 4.28. The number of sulfonamides is 1. The second kappa shape index (κ2) is 5.04. The first-order chi connectivity index (χ1) is 8.82. The summed E-state index contributed by atoms with van der Waals surface area (Å²) in [6, 6.07) is 1.04. The molecule has 1 aliphatic heterocycles. The number of piperazine rings is 1. The van der Waals surface area contributed by atoms with E-state index in [-0.39, 0.29) is 14.9 Å². The number of likely N-dealkylation sites (N-methyl/N-ethyl adjacent to an activating group) is 1. The lowest BCUT2D eigenvalue weighted by molar-refractivity contribution is -0.383. The van der Waals surface area contributed by atoms with Crippen molar-refractivity contribution < 1.29 is 13.3 Å². The largest absolute Gasteiger partial charge is 0.385 e. The molecule has 0 spiro atoms. The van der Waals surface area contributed by atoms with Crippen molar-refractivity contribution in [3.63, 3.8) is 0 Å². The first-order valence-corrected chi connectivity index (χ1v) is 7.80. The number of rotatable bonds is 3. The first-order valence-electron chi connectivity index (χ1n) is 5.55. The van der Waals surface area contributed by atoms with Crippen LogP contribution in [-0.2, 0) is 10.0 Å². The lowest BCUT2D eigenvalue weighted by Gasteiger charge is -2.31. The zero-order valence-electron chi connectivity index (χ0n) is 10.3. The molecule has 0 unspecified atom stereocenters. The maximum Gasteiger partial charge on any atom is 0.304 e. The van der Waals surface area contributed by atoms with Crippen LogP contribution in [0.15, 0.2) is 10.3 Å². The lowest BCUT2D eigenvalue weighted by atomic mass is 10.4. The highest BCUT2D eigenvalue weighted by molar-refractivity contribution is 7.91. The van der Waals surface area contributed by atoms with Gasteiger partial charge in [-0.3, -0.25) is 10.1 Å². The van der Waals surface area contributed by atoms with Gasteiger partial charge in [-0.25, -0.2) is 8.42 Å². The summed E-state index contributed by atoms with van der Waals surface area (Å²) in [5.41, 5.74) is 5.13. The van der Waals surface area contributed by atoms with E-state index in [2.05, 4.69) is 0 Å². The fourth-order valence-electron chi connectivity index (χ4n) is 1.80. The molecular formula is C9H14N4O4S2. The highest BCUT2D eigenvalue weighted by atomic mass is 32.2. The van der Waals surface area contributed by atoms with Crippen molar-refractivity contribution in [2.24, 2.45) is 0 Å². The number of hydrogen-bond acceptors (Lipinski definition) is 7. The number of anilines is 1. The fourth-order valence-corrected chi connectivity index (χ4v) is 4.59. The Kier molecular flexibility index (Phi) is 3.76. The molecule has 1 fully saturated rings. The Morgan fingerprint density at radius 2 is 1.95 bits per heavy atom. The van der Waals surface area contributed by atoms with Crippen LogP contribution in [0, 0.1) is 10.1 Å². The number of thiophene rings is 1. The zero-order valence-corrected chi connectivity index (χ0v) is 11.9. The van der Waals surface area contributed by atoms with Gasteiger partial charge >= 0.3 is 5.69 Å². The molecule has 0 aliphatic carbocycles. The Balaban J connectivity index is 2.29. The van der Waals surface area contributed by atoms with Crippen molar-refractivity contribution in [1.82, 2.24) is 9.21 Å². The van der Waals surface area contributed by atoms with Crippen molar-refractivity contribution in [2.45, 2.75) is 4.21 Å². The van der Waals surface area contributed by atoms with Crippen LogP contribution in [0.25, 0.3) is 0 Å². The van der Waals surface area contributed by atoms with Crippen LogP contribution >= 0.6 is 11.3 Å². The van der Waals surface area contributed by atoms with Crippen LogP contribution in [0.1, 0.15) is 0 Å². The molecule has 0 radical (unpaired) electrons. The average Bonchev–Trinajstić information content (AvgIpc) is 2.72. The second-order valence-corrected chi connectivity index (χ2v) is 7.53. The van der Waals surface area contributed by atoms with Gasteiger partial charge in [-0.2, -0.15) is 4.31 Å². The van der Waals surface area contributed by atoms with Crippen LogP contribution in [-0.4, -0.2) is 55.8 Å². The van der Waals surface area contributed by atoms with E-state index in [1.165, 1.54) is 4.31 Å². The predicted molar refractivity (Wildman–Crippen MR) is 71.6 cm³/mol. The molecule has 1 saturated heterocycles. The number of nitrogens with zero attached hydrogens (tertiary/aromatic N) is 3. The Hall–Kier alpha value is -1.23. The van der Waals surface area contributed by atoms with Gasteiger partial charge < -0.3 is 10.6 Å². The highest BCUT2D eigenvalue weighted by Crippen LogP contribution is 2.35. The monoisotopic (exact) mass is 306 g/mol. The van der Waals surface area contributed by atoms with E-state index < -0.39 is 14.9 Å². The van der Waals surface area contributed by atoms with Crippen molar-refractivity contribution in [1.29, 1.82) is 0 Å². The summed E-state index contributed by atoms with van der Waals surface area (Å²) in [5, 5.41) is 10.6. The molecular weight excluding hydrogens is 292 g/mol. The predicted octanol–water partition coefficient (Wildman–Crippen LogP) is 0.175. The van der Waals surface area contributed by atoms with Gasteiger partial charge in [0.2, 0.25) is 0 Å². The van der Waals surface area contributed by atoms with Crippen LogP contribution in [0.3, 0.4) is 0 Å². The number of nitro groups is 1. The van der Waals surface area contributed by atoms with E-state index in [9.17, 15) is 18.5 Å². The van der Waals surface area contributed by atoms with Crippen molar-refractivity contribution >= 4 is 32.0 Å². The number of nitrogens with two attached hydrogens (primary N) is 1. The third kappa shape index (κ3) is 2.71. The number of hydrogen-bond donors (Lipinski definition) is 1. The first kappa shape index (κ1) is 14.2. The van der Waals surface area contributed by atoms with Crippen LogP contribution in [0.5, 0.6) is 0 Å². The Bertz CT molecular complexity index is 589. The normalized spacial score (nSPS) is 18.6. The van der Waals surface area contributed by atoms with E-state index in [1.807, 2.05) is 11.9 Å². The standard InChI is InChI=1S/C9H14N4O4S2/c1-11-2-4-12(5-3-11)19(16,17)8-6-7(13(14)15)9(10)18-8/h6H,2-5,10H2,1H3. The summed E-state index contributed by atoms with van der Waals surface area (Å²) >= 11 is 0.737. The molecule has 0 amide bonds. The fraction of sp³-hybridized carbons (Fsp3) is 0.556. The molecule has 1 aliphatic rings. The molecule has 1 aromatic heterocycles. The van der Waals surface area contributed by atoms with Crippen molar-refractivity contribution in [3.8, 4) is 0 Å². The third-order valence-electron chi connectivity index (χ3n) is 2.97. The van der Waals surface area contributed by atoms with Gasteiger partial charge in [0.15, 0.2) is 5.00 Å². The molecule has 0 aromatic carbocycles. The summed E-state index contributed by atoms with van der Waals surface area (Å²) < 4.78 is 25.9. The summed E-state index contributed by atoms with van der Waals surface area (Å²) in [7, 11) is -1.77. The molecule has 0 bridgehead atoms. The summed E-state index contributed by atoms with van der Waals surface area (Å²) in [4.78, 5) is 12.1. The summed E-state index contributed by atoms with van der Waals surface area (Å²) in [5.74, 6) is 0. The van der Waals surface area contributed by atoms with Crippen LogP contribution in [0.4, 0.5) is 10.7 Å². The minimum absolute atomic E-state index is 0.0683. The lowest BCUT2D eigenvalue weighted by Crippen LogP contribution is -2.46. The Labute approximate surface area is 114 Å². The SMILES string of the molecule is CN1CCN(S(=O)(=O)c2cc([N+](=O)[O-])c(N)s2)CC1. The maximum absolute atomic E-state index is 12.3. The van der Waals surface area contributed by atoms with E-state index in [4.69, 9.17) is 5.73 Å². The van der Waals surface area contributed by atoms with E-state index in [1.54, 1.807) is 0 Å². The smallest absolute Gasteiger partial charge is 0.304 e. The molecule has 19 heavy (non-hydrogen) atoms. The Morgan fingerprint density at radius 1 is 1.37 bits per heavy atom. The molecule has 8 nitrogen and oxygen atoms in total. The van der Waals surface area contributed by atoms with Gasteiger partial charge in [0, 0.05) is 32.2 Å². The zero-order chi connectivity index (χ0) is 14.2. The number of nitrogen functional groups attached to an aromatic ring is 1. The van der Waals surface area contributed by atoms with Crippen LogP contribution in [0.2, 0.25) is 0 Å². The molecule has 2 rings (SSSR count). The molecule has 2 heterocycles. The maximum atomic E-state index is 12.3. The molecule has 106 valence electrons. The molecule has 0 atom stereocenters. The van der Waals surface area contributed by atoms with Gasteiger partial charge in [0.05, 0.1) is 4.92 Å². The minimum Gasteiger partial charge on any atom is -0.385 e. The van der Waals surface area contributed by atoms with Gasteiger partial charge in [-0.1, -0.05) is 11.3 Å². The van der Waals surface area contributed by atoms with E-state index in [0.717, 1.165) is 17.4 Å². The molecule has 10 heteroatoms. The van der Waals surface area contributed by atoms with E-state index >= 15 is 0 Å². The minimum atomic E-state index is -3.68. The molecule has 1 aromatic rings. The quantitative estimate of drug-likeness (QED) is 0.630. The van der Waals surface area contributed by atoms with Gasteiger partial charge in [-0.15, -0.1) is 0 Å². The van der Waals surface area contributed by atoms with Gasteiger partial charge in [-0.05, 0) is 7.05 Å². The van der Waals surface area contributed by atoms with Gasteiger partial charge in [0.25, 0.3) is 10.0 Å². The topological polar surface area (TPSA) is 110 Å². The van der Waals surface area contributed by atoms with Gasteiger partial charge in [0.1, 0.15) is 4.21 Å². The van der Waals surface area contributed by atoms with E-state index in [0.29, 0.717) is 26.2 Å². The summed E-state index contributed by atoms with van der Waals surface area (Å²) in [6.07, 6.45) is 0. The van der Waals surface area contributed by atoms with Crippen molar-refractivity contribution in [2.75, 3.05) is 39.0 Å². The Morgan fingerprint density at radius 3 is 2.42 bits per heavy atom.